The van der Waals surface area contributed by atoms with Crippen molar-refractivity contribution in [2.75, 3.05) is 19.0 Å². The smallest absolute Gasteiger partial charge is 0.416 e. The van der Waals surface area contributed by atoms with E-state index in [2.05, 4.69) is 15.5 Å². The average molecular weight is 543 g/mol. The molecule has 0 radical (unpaired) electrons. The predicted molar refractivity (Wildman–Crippen MR) is 119 cm³/mol. The molecule has 2 atom stereocenters. The Morgan fingerprint density at radius 2 is 1.66 bits per heavy atom. The van der Waals surface area contributed by atoms with Crippen molar-refractivity contribution in [2.45, 2.75) is 25.2 Å². The zero-order chi connectivity index (χ0) is 27.8. The van der Waals surface area contributed by atoms with Crippen LogP contribution in [0.3, 0.4) is 0 Å². The molecule has 2 unspecified atom stereocenters. The first-order valence-corrected chi connectivity index (χ1v) is 11.0. The fourth-order valence-corrected chi connectivity index (χ4v) is 4.08. The van der Waals surface area contributed by atoms with Gasteiger partial charge in [-0.05, 0) is 42.8 Å². The lowest BCUT2D eigenvalue weighted by Gasteiger charge is -2.29. The molecular weight excluding hydrogens is 524 g/mol. The molecule has 2 N–H and O–H groups in total. The first-order valence-electron chi connectivity index (χ1n) is 11.0. The number of amides is 1. The molecule has 1 aromatic heterocycles. The van der Waals surface area contributed by atoms with Crippen LogP contribution in [0.15, 0.2) is 42.6 Å². The average Bonchev–Trinajstić information content (AvgIpc) is 3.30. The number of nitrogens with one attached hydrogen (secondary N) is 2. The third-order valence-electron chi connectivity index (χ3n) is 5.74. The van der Waals surface area contributed by atoms with Gasteiger partial charge in [-0.25, -0.2) is 0 Å². The zero-order valence-electron chi connectivity index (χ0n) is 19.7. The van der Waals surface area contributed by atoms with Gasteiger partial charge < -0.3 is 19.5 Å². The predicted octanol–water partition coefficient (Wildman–Crippen LogP) is 5.51. The molecule has 4 rings (SSSR count). The van der Waals surface area contributed by atoms with Crippen LogP contribution in [-0.4, -0.2) is 35.8 Å². The van der Waals surface area contributed by atoms with Crippen molar-refractivity contribution < 1.29 is 50.1 Å². The van der Waals surface area contributed by atoms with Gasteiger partial charge in [-0.15, -0.1) is 0 Å². The molecular formula is C24H19F6N3O5. The fraction of sp³-hybridized carbons (Fsp3) is 0.292. The van der Waals surface area contributed by atoms with Crippen LogP contribution in [0.25, 0.3) is 0 Å². The van der Waals surface area contributed by atoms with Gasteiger partial charge >= 0.3 is 18.3 Å². The third kappa shape index (κ3) is 5.24. The van der Waals surface area contributed by atoms with Crippen molar-refractivity contribution in [3.8, 4) is 17.2 Å². The van der Waals surface area contributed by atoms with Gasteiger partial charge in [0.25, 0.3) is 0 Å². The summed E-state index contributed by atoms with van der Waals surface area (Å²) in [7, 11) is 1.21. The summed E-state index contributed by atoms with van der Waals surface area (Å²) in [5, 5.41) is 9.05. The summed E-state index contributed by atoms with van der Waals surface area (Å²) >= 11 is 0. The molecule has 1 amide bonds. The SMILES string of the molecule is CCOC(=O)C1C(=O)Nc2[nH]ncc2C1c1ccc(Oc2cc(C(F)(F)F)cc(C(F)(F)F)c2)c(OC)c1. The second-order valence-corrected chi connectivity index (χ2v) is 8.15. The van der Waals surface area contributed by atoms with E-state index in [4.69, 9.17) is 14.2 Å². The van der Waals surface area contributed by atoms with Gasteiger partial charge in [0.15, 0.2) is 11.5 Å². The number of carbonyl (C=O) groups excluding carboxylic acids is 2. The maximum atomic E-state index is 13.2. The molecule has 202 valence electrons. The highest BCUT2D eigenvalue weighted by molar-refractivity contribution is 6.08. The van der Waals surface area contributed by atoms with Gasteiger partial charge in [0, 0.05) is 11.5 Å². The number of esters is 1. The first-order chi connectivity index (χ1) is 17.8. The van der Waals surface area contributed by atoms with Crippen molar-refractivity contribution >= 4 is 17.7 Å². The molecule has 2 heterocycles. The number of benzene rings is 2. The summed E-state index contributed by atoms with van der Waals surface area (Å²) in [6.45, 7) is 1.59. The number of rotatable bonds is 6. The Morgan fingerprint density at radius 1 is 1.00 bits per heavy atom. The Balaban J connectivity index is 1.76. The Hall–Kier alpha value is -4.23. The molecule has 38 heavy (non-hydrogen) atoms. The number of ether oxygens (including phenoxy) is 3. The Kier molecular flexibility index (Phi) is 7.00. The Bertz CT molecular complexity index is 1340. The van der Waals surface area contributed by atoms with Crippen LogP contribution in [0.5, 0.6) is 17.2 Å². The van der Waals surface area contributed by atoms with Crippen molar-refractivity contribution in [1.29, 1.82) is 0 Å². The van der Waals surface area contributed by atoms with Gasteiger partial charge in [0.1, 0.15) is 17.5 Å². The highest BCUT2D eigenvalue weighted by Crippen LogP contribution is 2.44. The lowest BCUT2D eigenvalue weighted by molar-refractivity contribution is -0.152. The number of H-pyrrole nitrogens is 1. The second-order valence-electron chi connectivity index (χ2n) is 8.15. The number of fused-ring (bicyclic) bond motifs is 1. The molecule has 0 spiro atoms. The highest BCUT2D eigenvalue weighted by Gasteiger charge is 2.44. The van der Waals surface area contributed by atoms with E-state index in [-0.39, 0.29) is 30.0 Å². The van der Waals surface area contributed by atoms with E-state index < -0.39 is 52.9 Å². The number of aromatic nitrogens is 2. The van der Waals surface area contributed by atoms with Crippen molar-refractivity contribution in [2.24, 2.45) is 5.92 Å². The molecule has 3 aromatic rings. The molecule has 0 saturated carbocycles. The second kappa shape index (κ2) is 9.91. The van der Waals surface area contributed by atoms with Gasteiger partial charge in [-0.3, -0.25) is 14.7 Å². The van der Waals surface area contributed by atoms with Crippen molar-refractivity contribution in [3.05, 3.63) is 64.8 Å². The molecule has 2 aromatic carbocycles. The van der Waals surface area contributed by atoms with Crippen LogP contribution in [0.1, 0.15) is 35.1 Å². The maximum absolute atomic E-state index is 13.2. The number of methoxy groups -OCH3 is 1. The van der Waals surface area contributed by atoms with E-state index in [1.54, 1.807) is 6.92 Å². The lowest BCUT2D eigenvalue weighted by Crippen LogP contribution is -2.40. The third-order valence-corrected chi connectivity index (χ3v) is 5.74. The highest BCUT2D eigenvalue weighted by atomic mass is 19.4. The number of hydrogen-bond donors (Lipinski definition) is 2. The summed E-state index contributed by atoms with van der Waals surface area (Å²) < 4.78 is 95.1. The fourth-order valence-electron chi connectivity index (χ4n) is 4.08. The number of nitrogens with zero attached hydrogens (tertiary/aromatic N) is 1. The van der Waals surface area contributed by atoms with Crippen LogP contribution in [0.4, 0.5) is 32.2 Å². The topological polar surface area (TPSA) is 103 Å². The van der Waals surface area contributed by atoms with Gasteiger partial charge in [0.05, 0.1) is 31.0 Å². The van der Waals surface area contributed by atoms with Gasteiger partial charge in [0.2, 0.25) is 5.91 Å². The molecule has 0 fully saturated rings. The first kappa shape index (κ1) is 26.8. The van der Waals surface area contributed by atoms with E-state index in [0.717, 1.165) is 0 Å². The summed E-state index contributed by atoms with van der Waals surface area (Å²) in [5.41, 5.74) is -2.29. The molecule has 0 bridgehead atoms. The van der Waals surface area contributed by atoms with Crippen molar-refractivity contribution in [1.82, 2.24) is 10.2 Å². The molecule has 14 heteroatoms. The van der Waals surface area contributed by atoms with Crippen LogP contribution in [0, 0.1) is 5.92 Å². The molecule has 1 aliphatic rings. The number of alkyl halides is 6. The van der Waals surface area contributed by atoms with Gasteiger partial charge in [-0.1, -0.05) is 6.07 Å². The zero-order valence-corrected chi connectivity index (χ0v) is 19.7. The minimum Gasteiger partial charge on any atom is -0.493 e. The summed E-state index contributed by atoms with van der Waals surface area (Å²) in [6, 6.07) is 4.86. The van der Waals surface area contributed by atoms with E-state index in [1.807, 2.05) is 0 Å². The minimum absolute atomic E-state index is 0.0145. The van der Waals surface area contributed by atoms with E-state index in [9.17, 15) is 35.9 Å². The van der Waals surface area contributed by atoms with Crippen molar-refractivity contribution in [3.63, 3.8) is 0 Å². The summed E-state index contributed by atoms with van der Waals surface area (Å²) in [4.78, 5) is 25.4. The maximum Gasteiger partial charge on any atom is 0.416 e. The lowest BCUT2D eigenvalue weighted by atomic mass is 9.78. The normalized spacial score (nSPS) is 17.4. The number of halogens is 6. The van der Waals surface area contributed by atoms with E-state index in [1.165, 1.54) is 31.5 Å². The number of carbonyl (C=O) groups is 2. The standard InChI is InChI=1S/C24H19F6N3O5/c1-3-37-22(35)19-18(15-10-31-33-20(15)32-21(19)34)11-4-5-16(17(6-11)36-2)38-14-8-12(23(25,26)27)7-13(9-14)24(28,29)30/h4-10,18-19H,3H2,1-2H3,(H2,31,32,33,34). The Labute approximate surface area is 210 Å². The number of aromatic amines is 1. The monoisotopic (exact) mass is 543 g/mol. The summed E-state index contributed by atoms with van der Waals surface area (Å²) in [5.74, 6) is -4.42. The van der Waals surface area contributed by atoms with Crippen LogP contribution in [0.2, 0.25) is 0 Å². The minimum atomic E-state index is -5.06. The number of anilines is 1. The summed E-state index contributed by atoms with van der Waals surface area (Å²) in [6.07, 6.45) is -8.71. The van der Waals surface area contributed by atoms with E-state index in [0.29, 0.717) is 23.3 Å². The molecule has 0 saturated heterocycles. The Morgan fingerprint density at radius 3 is 2.24 bits per heavy atom. The van der Waals surface area contributed by atoms with Gasteiger partial charge in [-0.2, -0.15) is 31.4 Å². The molecule has 0 aliphatic carbocycles. The van der Waals surface area contributed by atoms with Crippen LogP contribution >= 0.6 is 0 Å². The quantitative estimate of drug-likeness (QED) is 0.242. The van der Waals surface area contributed by atoms with Crippen LogP contribution < -0.4 is 14.8 Å². The number of hydrogen-bond acceptors (Lipinski definition) is 6. The van der Waals surface area contributed by atoms with Crippen LogP contribution in [-0.2, 0) is 26.7 Å². The largest absolute Gasteiger partial charge is 0.493 e. The van der Waals surface area contributed by atoms with E-state index >= 15 is 0 Å². The molecule has 1 aliphatic heterocycles. The molecule has 8 nitrogen and oxygen atoms in total.